The highest BCUT2D eigenvalue weighted by Crippen LogP contribution is 2.29. The highest BCUT2D eigenvalue weighted by molar-refractivity contribution is 6.01. The molecule has 0 aliphatic carbocycles. The van der Waals surface area contributed by atoms with Gasteiger partial charge in [0.2, 0.25) is 5.95 Å². The van der Waals surface area contributed by atoms with Crippen molar-refractivity contribution in [3.05, 3.63) is 66.2 Å². The van der Waals surface area contributed by atoms with Crippen LogP contribution in [0.5, 0.6) is 0 Å². The summed E-state index contributed by atoms with van der Waals surface area (Å²) < 4.78 is 18.1. The minimum absolute atomic E-state index is 0.396. The second kappa shape index (κ2) is 5.32. The molecular weight excluding hydrogens is 269 g/mol. The van der Waals surface area contributed by atoms with Crippen molar-refractivity contribution in [3.63, 3.8) is 0 Å². The number of hydrogen-bond donors (Lipinski definition) is 0. The number of fused-ring (bicyclic) bond motifs is 1. The van der Waals surface area contributed by atoms with Gasteiger partial charge in [0.05, 0.1) is 12.7 Å². The molecule has 0 atom stereocenters. The molecule has 3 rings (SSSR count). The predicted octanol–water partition coefficient (Wildman–Crippen LogP) is 3.83. The van der Waals surface area contributed by atoms with Crippen LogP contribution in [0.25, 0.3) is 21.9 Å². The van der Waals surface area contributed by atoms with E-state index in [-0.39, 0.29) is 0 Å². The predicted molar refractivity (Wildman–Crippen MR) is 78.5 cm³/mol. The number of methoxy groups -OCH3 is 1. The molecule has 0 radical (unpaired) electrons. The van der Waals surface area contributed by atoms with E-state index in [1.54, 1.807) is 18.2 Å². The van der Waals surface area contributed by atoms with Gasteiger partial charge in [0.15, 0.2) is 0 Å². The van der Waals surface area contributed by atoms with E-state index in [4.69, 9.17) is 4.74 Å². The minimum atomic E-state index is -0.534. The Morgan fingerprint density at radius 1 is 1.14 bits per heavy atom. The number of carbonyl (C=O) groups is 1. The maximum absolute atomic E-state index is 13.3. The molecule has 21 heavy (non-hydrogen) atoms. The lowest BCUT2D eigenvalue weighted by Gasteiger charge is -2.08. The number of rotatable bonds is 2. The monoisotopic (exact) mass is 281 g/mol. The summed E-state index contributed by atoms with van der Waals surface area (Å²) in [6, 6.07) is 14.2. The number of esters is 1. The van der Waals surface area contributed by atoms with Gasteiger partial charge in [-0.1, -0.05) is 24.3 Å². The van der Waals surface area contributed by atoms with Crippen LogP contribution in [0.1, 0.15) is 10.4 Å². The van der Waals surface area contributed by atoms with Gasteiger partial charge in [0, 0.05) is 12.3 Å². The largest absolute Gasteiger partial charge is 0.465 e. The minimum Gasteiger partial charge on any atom is -0.465 e. The van der Waals surface area contributed by atoms with Gasteiger partial charge in [-0.05, 0) is 40.1 Å². The van der Waals surface area contributed by atoms with E-state index in [1.165, 1.54) is 19.4 Å². The van der Waals surface area contributed by atoms with Crippen LogP contribution in [0.3, 0.4) is 0 Å². The van der Waals surface area contributed by atoms with E-state index in [9.17, 15) is 9.18 Å². The Kier molecular flexibility index (Phi) is 3.36. The van der Waals surface area contributed by atoms with Crippen LogP contribution in [0.15, 0.2) is 54.7 Å². The molecule has 104 valence electrons. The van der Waals surface area contributed by atoms with Crippen LogP contribution in [0.2, 0.25) is 0 Å². The van der Waals surface area contributed by atoms with Crippen LogP contribution in [0.4, 0.5) is 4.39 Å². The average Bonchev–Trinajstić information content (AvgIpc) is 2.53. The van der Waals surface area contributed by atoms with Crippen molar-refractivity contribution in [1.29, 1.82) is 0 Å². The van der Waals surface area contributed by atoms with Crippen LogP contribution in [-0.2, 0) is 4.74 Å². The van der Waals surface area contributed by atoms with Gasteiger partial charge in [0.1, 0.15) is 0 Å². The first-order chi connectivity index (χ1) is 10.2. The maximum atomic E-state index is 13.3. The first-order valence-corrected chi connectivity index (χ1v) is 6.42. The maximum Gasteiger partial charge on any atom is 0.337 e. The fourth-order valence-corrected chi connectivity index (χ4v) is 2.34. The fourth-order valence-electron chi connectivity index (χ4n) is 2.34. The van der Waals surface area contributed by atoms with E-state index in [0.29, 0.717) is 5.56 Å². The molecule has 0 fully saturated rings. The molecule has 1 aromatic heterocycles. The van der Waals surface area contributed by atoms with E-state index < -0.39 is 11.9 Å². The SMILES string of the molecule is COC(=O)c1ccc2cccc(-c3ccnc(F)c3)c2c1. The number of halogens is 1. The zero-order valence-electron chi connectivity index (χ0n) is 11.3. The lowest BCUT2D eigenvalue weighted by Crippen LogP contribution is -2.00. The molecule has 0 bridgehead atoms. The molecule has 0 aliphatic rings. The summed E-state index contributed by atoms with van der Waals surface area (Å²) in [5, 5.41) is 1.84. The lowest BCUT2D eigenvalue weighted by atomic mass is 9.97. The summed E-state index contributed by atoms with van der Waals surface area (Å²) in [4.78, 5) is 15.2. The number of benzene rings is 2. The molecule has 1 heterocycles. The van der Waals surface area contributed by atoms with Gasteiger partial charge in [-0.2, -0.15) is 4.39 Å². The molecule has 4 heteroatoms. The lowest BCUT2D eigenvalue weighted by molar-refractivity contribution is 0.0601. The van der Waals surface area contributed by atoms with Gasteiger partial charge >= 0.3 is 5.97 Å². The summed E-state index contributed by atoms with van der Waals surface area (Å²) in [5.41, 5.74) is 2.03. The number of nitrogens with zero attached hydrogens (tertiary/aromatic N) is 1. The highest BCUT2D eigenvalue weighted by atomic mass is 19.1. The molecule has 3 aromatic rings. The molecule has 0 spiro atoms. The Bertz CT molecular complexity index is 830. The fraction of sp³-hybridized carbons (Fsp3) is 0.0588. The number of ether oxygens (including phenoxy) is 1. The molecule has 0 saturated carbocycles. The van der Waals surface area contributed by atoms with Gasteiger partial charge in [0.25, 0.3) is 0 Å². The van der Waals surface area contributed by atoms with Crippen molar-refractivity contribution in [3.8, 4) is 11.1 Å². The van der Waals surface area contributed by atoms with Crippen molar-refractivity contribution in [2.45, 2.75) is 0 Å². The molecule has 0 amide bonds. The quantitative estimate of drug-likeness (QED) is 0.529. The number of aromatic nitrogens is 1. The smallest absolute Gasteiger partial charge is 0.337 e. The third kappa shape index (κ3) is 2.48. The van der Waals surface area contributed by atoms with Crippen molar-refractivity contribution in [2.75, 3.05) is 7.11 Å². The number of carbonyl (C=O) groups excluding carboxylic acids is 1. The zero-order chi connectivity index (χ0) is 14.8. The first kappa shape index (κ1) is 13.2. The van der Waals surface area contributed by atoms with Crippen LogP contribution < -0.4 is 0 Å². The molecule has 0 unspecified atom stereocenters. The molecule has 0 N–H and O–H groups in total. The highest BCUT2D eigenvalue weighted by Gasteiger charge is 2.10. The Labute approximate surface area is 121 Å². The van der Waals surface area contributed by atoms with Crippen LogP contribution in [0, 0.1) is 5.95 Å². The zero-order valence-corrected chi connectivity index (χ0v) is 11.3. The normalized spacial score (nSPS) is 10.6. The molecule has 2 aromatic carbocycles. The van der Waals surface area contributed by atoms with Crippen molar-refractivity contribution in [2.24, 2.45) is 0 Å². The van der Waals surface area contributed by atoms with Crippen molar-refractivity contribution in [1.82, 2.24) is 4.98 Å². The standard InChI is InChI=1S/C17H12FNO2/c1-21-17(20)13-6-5-11-3-2-4-14(15(11)9-13)12-7-8-19-16(18)10-12/h2-10H,1H3. The molecule has 0 saturated heterocycles. The number of hydrogen-bond acceptors (Lipinski definition) is 3. The summed E-state index contributed by atoms with van der Waals surface area (Å²) >= 11 is 0. The topological polar surface area (TPSA) is 39.2 Å². The van der Waals surface area contributed by atoms with E-state index in [2.05, 4.69) is 4.98 Å². The summed E-state index contributed by atoms with van der Waals surface area (Å²) in [6.45, 7) is 0. The molecule has 3 nitrogen and oxygen atoms in total. The average molecular weight is 281 g/mol. The van der Waals surface area contributed by atoms with Crippen molar-refractivity contribution >= 4 is 16.7 Å². The Morgan fingerprint density at radius 3 is 2.76 bits per heavy atom. The van der Waals surface area contributed by atoms with E-state index in [0.717, 1.165) is 21.9 Å². The molecule has 0 aliphatic heterocycles. The van der Waals surface area contributed by atoms with Crippen molar-refractivity contribution < 1.29 is 13.9 Å². The summed E-state index contributed by atoms with van der Waals surface area (Å²) in [7, 11) is 1.34. The second-order valence-corrected chi connectivity index (χ2v) is 4.60. The third-order valence-electron chi connectivity index (χ3n) is 3.34. The van der Waals surface area contributed by atoms with E-state index >= 15 is 0 Å². The summed E-state index contributed by atoms with van der Waals surface area (Å²) in [5.74, 6) is -0.929. The number of pyridine rings is 1. The Hall–Kier alpha value is -2.75. The van der Waals surface area contributed by atoms with Crippen LogP contribution in [-0.4, -0.2) is 18.1 Å². The van der Waals surface area contributed by atoms with Crippen LogP contribution >= 0.6 is 0 Å². The first-order valence-electron chi connectivity index (χ1n) is 6.42. The van der Waals surface area contributed by atoms with Gasteiger partial charge in [-0.15, -0.1) is 0 Å². The Balaban J connectivity index is 2.25. The summed E-state index contributed by atoms with van der Waals surface area (Å²) in [6.07, 6.45) is 1.42. The van der Waals surface area contributed by atoms with Gasteiger partial charge in [-0.3, -0.25) is 0 Å². The van der Waals surface area contributed by atoms with E-state index in [1.807, 2.05) is 24.3 Å². The van der Waals surface area contributed by atoms with Gasteiger partial charge in [-0.25, -0.2) is 9.78 Å². The second-order valence-electron chi connectivity index (χ2n) is 4.60. The third-order valence-corrected chi connectivity index (χ3v) is 3.34. The Morgan fingerprint density at radius 2 is 2.00 bits per heavy atom. The molecular formula is C17H12FNO2. The van der Waals surface area contributed by atoms with Gasteiger partial charge < -0.3 is 4.74 Å².